The quantitative estimate of drug-likeness (QED) is 0.775. The minimum absolute atomic E-state index is 0.319. The maximum Gasteiger partial charge on any atom is 0.175 e. The Balaban J connectivity index is 2.03. The molecule has 0 bridgehead atoms. The first kappa shape index (κ1) is 14.0. The van der Waals surface area contributed by atoms with Gasteiger partial charge in [0.05, 0.1) is 5.69 Å². The first-order valence-electron chi connectivity index (χ1n) is 5.64. The number of benzene rings is 2. The van der Waals surface area contributed by atoms with E-state index in [0.29, 0.717) is 10.8 Å². The van der Waals surface area contributed by atoms with Gasteiger partial charge in [0.25, 0.3) is 0 Å². The Bertz CT molecular complexity index is 599. The lowest BCUT2D eigenvalue weighted by atomic mass is 10.2. The molecule has 2 nitrogen and oxygen atoms in total. The molecule has 0 aliphatic rings. The number of anilines is 2. The van der Waals surface area contributed by atoms with Crippen LogP contribution in [0.2, 0.25) is 0 Å². The third kappa shape index (κ3) is 4.01. The Morgan fingerprint density at radius 1 is 1.11 bits per heavy atom. The second-order valence-electron chi connectivity index (χ2n) is 4.07. The lowest BCUT2D eigenvalue weighted by Gasteiger charge is -2.11. The van der Waals surface area contributed by atoms with Crippen molar-refractivity contribution in [1.82, 2.24) is 0 Å². The number of aryl methyl sites for hydroxylation is 1. The summed E-state index contributed by atoms with van der Waals surface area (Å²) in [7, 11) is 0. The van der Waals surface area contributed by atoms with E-state index in [2.05, 4.69) is 26.6 Å². The summed E-state index contributed by atoms with van der Waals surface area (Å²) in [6.07, 6.45) is 0. The van der Waals surface area contributed by atoms with Gasteiger partial charge < -0.3 is 10.6 Å². The van der Waals surface area contributed by atoms with Crippen molar-refractivity contribution in [2.45, 2.75) is 6.92 Å². The number of hydrogen-bond donors (Lipinski definition) is 2. The molecule has 0 spiro atoms. The second kappa shape index (κ2) is 6.12. The maximum atomic E-state index is 13.6. The van der Waals surface area contributed by atoms with Crippen LogP contribution >= 0.6 is 28.1 Å². The summed E-state index contributed by atoms with van der Waals surface area (Å²) >= 11 is 8.50. The van der Waals surface area contributed by atoms with E-state index in [1.165, 1.54) is 6.07 Å². The summed E-state index contributed by atoms with van der Waals surface area (Å²) in [6, 6.07) is 12.5. The molecule has 0 aromatic heterocycles. The van der Waals surface area contributed by atoms with Gasteiger partial charge in [-0.05, 0) is 61.1 Å². The lowest BCUT2D eigenvalue weighted by Crippen LogP contribution is -2.19. The summed E-state index contributed by atoms with van der Waals surface area (Å²) in [4.78, 5) is 0. The molecule has 2 aromatic rings. The highest BCUT2D eigenvalue weighted by Gasteiger charge is 2.04. The van der Waals surface area contributed by atoms with Crippen molar-refractivity contribution in [3.63, 3.8) is 0 Å². The van der Waals surface area contributed by atoms with Crippen molar-refractivity contribution < 1.29 is 4.39 Å². The average molecular weight is 339 g/mol. The van der Waals surface area contributed by atoms with Crippen LogP contribution in [0.1, 0.15) is 5.56 Å². The van der Waals surface area contributed by atoms with Gasteiger partial charge in [-0.3, -0.25) is 0 Å². The predicted octanol–water partition coefficient (Wildman–Crippen LogP) is 4.71. The van der Waals surface area contributed by atoms with E-state index in [1.807, 2.05) is 37.3 Å². The molecule has 0 aliphatic carbocycles. The zero-order valence-corrected chi connectivity index (χ0v) is 12.6. The van der Waals surface area contributed by atoms with Gasteiger partial charge in [-0.25, -0.2) is 4.39 Å². The Labute approximate surface area is 125 Å². The Kier molecular flexibility index (Phi) is 4.50. The molecule has 98 valence electrons. The highest BCUT2D eigenvalue weighted by atomic mass is 79.9. The van der Waals surface area contributed by atoms with Gasteiger partial charge >= 0.3 is 0 Å². The molecule has 0 saturated heterocycles. The summed E-state index contributed by atoms with van der Waals surface area (Å²) in [5.41, 5.74) is 2.07. The predicted molar refractivity (Wildman–Crippen MR) is 85.1 cm³/mol. The van der Waals surface area contributed by atoms with Gasteiger partial charge in [0.15, 0.2) is 5.11 Å². The van der Waals surface area contributed by atoms with E-state index >= 15 is 0 Å². The molecule has 0 fully saturated rings. The lowest BCUT2D eigenvalue weighted by molar-refractivity contribution is 0.631. The molecular weight excluding hydrogens is 327 g/mol. The number of nitrogens with one attached hydrogen (secondary N) is 2. The summed E-state index contributed by atoms with van der Waals surface area (Å²) < 4.78 is 14.6. The van der Waals surface area contributed by atoms with Crippen molar-refractivity contribution in [2.24, 2.45) is 0 Å². The molecule has 19 heavy (non-hydrogen) atoms. The van der Waals surface area contributed by atoms with Crippen molar-refractivity contribution in [2.75, 3.05) is 10.6 Å². The van der Waals surface area contributed by atoms with Gasteiger partial charge in [-0.15, -0.1) is 0 Å². The zero-order valence-electron chi connectivity index (χ0n) is 10.2. The van der Waals surface area contributed by atoms with Crippen molar-refractivity contribution in [3.05, 3.63) is 58.3 Å². The third-order valence-corrected chi connectivity index (χ3v) is 3.21. The van der Waals surface area contributed by atoms with Crippen LogP contribution in [-0.2, 0) is 0 Å². The molecule has 2 N–H and O–H groups in total. The van der Waals surface area contributed by atoms with Crippen LogP contribution in [0.4, 0.5) is 15.8 Å². The Hall–Kier alpha value is -1.46. The highest BCUT2D eigenvalue weighted by Crippen LogP contribution is 2.17. The maximum absolute atomic E-state index is 13.6. The Morgan fingerprint density at radius 3 is 2.42 bits per heavy atom. The van der Waals surface area contributed by atoms with E-state index in [9.17, 15) is 4.39 Å². The Morgan fingerprint density at radius 2 is 1.79 bits per heavy atom. The number of hydrogen-bond acceptors (Lipinski definition) is 1. The zero-order chi connectivity index (χ0) is 13.8. The second-order valence-corrected chi connectivity index (χ2v) is 5.39. The average Bonchev–Trinajstić information content (AvgIpc) is 2.36. The number of thiocarbonyl (C=S) groups is 1. The van der Waals surface area contributed by atoms with Gasteiger partial charge in [-0.1, -0.05) is 22.0 Å². The monoisotopic (exact) mass is 338 g/mol. The van der Waals surface area contributed by atoms with Crippen LogP contribution in [0.25, 0.3) is 0 Å². The van der Waals surface area contributed by atoms with Crippen LogP contribution < -0.4 is 10.6 Å². The first-order valence-corrected chi connectivity index (χ1v) is 6.84. The summed E-state index contributed by atoms with van der Waals surface area (Å²) in [5.74, 6) is -0.319. The standard InChI is InChI=1S/C14H12BrFN2S/c1-9-2-7-13(12(16)8-9)18-14(19)17-11-5-3-10(15)4-6-11/h2-8H,1H3,(H2,17,18,19). The molecule has 0 unspecified atom stereocenters. The van der Waals surface area contributed by atoms with Crippen molar-refractivity contribution in [3.8, 4) is 0 Å². The first-order chi connectivity index (χ1) is 9.04. The SMILES string of the molecule is Cc1ccc(NC(=S)Nc2ccc(Br)cc2)c(F)c1. The van der Waals surface area contributed by atoms with Crippen LogP contribution in [0, 0.1) is 12.7 Å². The van der Waals surface area contributed by atoms with E-state index in [0.717, 1.165) is 15.7 Å². The number of halogens is 2. The molecular formula is C14H12BrFN2S. The minimum Gasteiger partial charge on any atom is -0.332 e. The topological polar surface area (TPSA) is 24.1 Å². The summed E-state index contributed by atoms with van der Waals surface area (Å²) in [5, 5.41) is 6.18. The molecule has 2 rings (SSSR count). The fourth-order valence-electron chi connectivity index (χ4n) is 1.54. The largest absolute Gasteiger partial charge is 0.332 e. The fraction of sp³-hybridized carbons (Fsp3) is 0.0714. The van der Waals surface area contributed by atoms with Gasteiger partial charge in [0.2, 0.25) is 0 Å². The molecule has 0 amide bonds. The van der Waals surface area contributed by atoms with Crippen molar-refractivity contribution >= 4 is 44.6 Å². The van der Waals surface area contributed by atoms with Gasteiger partial charge in [-0.2, -0.15) is 0 Å². The smallest absolute Gasteiger partial charge is 0.175 e. The van der Waals surface area contributed by atoms with Crippen LogP contribution in [-0.4, -0.2) is 5.11 Å². The van der Waals surface area contributed by atoms with Crippen LogP contribution in [0.3, 0.4) is 0 Å². The van der Waals surface area contributed by atoms with Crippen LogP contribution in [0.15, 0.2) is 46.9 Å². The molecule has 0 aliphatic heterocycles. The normalized spacial score (nSPS) is 10.1. The van der Waals surface area contributed by atoms with Gasteiger partial charge in [0.1, 0.15) is 5.82 Å². The van der Waals surface area contributed by atoms with E-state index in [-0.39, 0.29) is 5.82 Å². The molecule has 2 aromatic carbocycles. The molecule has 0 saturated carbocycles. The third-order valence-electron chi connectivity index (χ3n) is 2.47. The molecule has 5 heteroatoms. The molecule has 0 atom stereocenters. The van der Waals surface area contributed by atoms with E-state index < -0.39 is 0 Å². The summed E-state index contributed by atoms with van der Waals surface area (Å²) in [6.45, 7) is 1.84. The molecule has 0 radical (unpaired) electrons. The fourth-order valence-corrected chi connectivity index (χ4v) is 2.03. The van der Waals surface area contributed by atoms with Crippen LogP contribution in [0.5, 0.6) is 0 Å². The minimum atomic E-state index is -0.319. The number of rotatable bonds is 2. The van der Waals surface area contributed by atoms with E-state index in [1.54, 1.807) is 6.07 Å². The highest BCUT2D eigenvalue weighted by molar-refractivity contribution is 9.10. The van der Waals surface area contributed by atoms with Gasteiger partial charge in [0, 0.05) is 10.2 Å². The van der Waals surface area contributed by atoms with E-state index in [4.69, 9.17) is 12.2 Å². The molecule has 0 heterocycles. The van der Waals surface area contributed by atoms with Crippen molar-refractivity contribution in [1.29, 1.82) is 0 Å².